The lowest BCUT2D eigenvalue weighted by Crippen LogP contribution is -2.41. The van der Waals surface area contributed by atoms with Crippen LogP contribution in [0.1, 0.15) is 58.1 Å². The quantitative estimate of drug-likeness (QED) is 0.721. The minimum absolute atomic E-state index is 0.217. The lowest BCUT2D eigenvalue weighted by Gasteiger charge is -2.32. The summed E-state index contributed by atoms with van der Waals surface area (Å²) in [7, 11) is -0.217. The molecule has 0 bridgehead atoms. The Morgan fingerprint density at radius 1 is 1.11 bits per heavy atom. The van der Waals surface area contributed by atoms with Crippen molar-refractivity contribution >= 4 is 12.6 Å². The monoisotopic (exact) mass is 258 g/mol. The van der Waals surface area contributed by atoms with Gasteiger partial charge in [0, 0.05) is 0 Å². The summed E-state index contributed by atoms with van der Waals surface area (Å²) in [5.74, 6) is 0.664. The third-order valence-corrected chi connectivity index (χ3v) is 5.11. The van der Waals surface area contributed by atoms with Crippen LogP contribution >= 0.6 is 0 Å². The second-order valence-electron chi connectivity index (χ2n) is 6.94. The van der Waals surface area contributed by atoms with Gasteiger partial charge in [-0.3, -0.25) is 0 Å². The minimum atomic E-state index is -0.259. The molecule has 0 spiro atoms. The molecule has 0 N–H and O–H groups in total. The highest BCUT2D eigenvalue weighted by Gasteiger charge is 2.52. The summed E-state index contributed by atoms with van der Waals surface area (Å²) in [5, 5.41) is 0. The van der Waals surface area contributed by atoms with Crippen molar-refractivity contribution in [3.05, 3.63) is 29.3 Å². The Morgan fingerprint density at radius 3 is 2.37 bits per heavy atom. The van der Waals surface area contributed by atoms with Gasteiger partial charge >= 0.3 is 7.12 Å². The molecule has 102 valence electrons. The summed E-state index contributed by atoms with van der Waals surface area (Å²) < 4.78 is 12.4. The maximum absolute atomic E-state index is 6.19. The van der Waals surface area contributed by atoms with Crippen LogP contribution in [0, 0.1) is 0 Å². The first-order valence-corrected chi connectivity index (χ1v) is 7.29. The van der Waals surface area contributed by atoms with Gasteiger partial charge in [0.2, 0.25) is 0 Å². The Bertz CT molecular complexity index is 491. The summed E-state index contributed by atoms with van der Waals surface area (Å²) in [6.45, 7) is 10.7. The van der Waals surface area contributed by atoms with E-state index in [1.54, 1.807) is 0 Å². The fourth-order valence-electron chi connectivity index (χ4n) is 3.08. The van der Waals surface area contributed by atoms with E-state index in [4.69, 9.17) is 9.31 Å². The highest BCUT2D eigenvalue weighted by molar-refractivity contribution is 6.62. The molecule has 0 amide bonds. The van der Waals surface area contributed by atoms with E-state index < -0.39 is 0 Å². The molecule has 3 rings (SSSR count). The van der Waals surface area contributed by atoms with E-state index in [1.165, 1.54) is 23.0 Å². The van der Waals surface area contributed by atoms with Crippen molar-refractivity contribution in [2.24, 2.45) is 0 Å². The predicted molar refractivity (Wildman–Crippen MR) is 78.9 cm³/mol. The standard InChI is InChI=1S/C16H23BO2/c1-11-9-10-13-12(11)7-6-8-14(13)17-18-15(2,3)16(4,5)19-17/h6-8,11H,9-10H2,1-5H3. The molecule has 1 unspecified atom stereocenters. The van der Waals surface area contributed by atoms with Gasteiger partial charge in [0.05, 0.1) is 11.2 Å². The minimum Gasteiger partial charge on any atom is -0.399 e. The van der Waals surface area contributed by atoms with E-state index in [9.17, 15) is 0 Å². The predicted octanol–water partition coefficient (Wildman–Crippen LogP) is 3.04. The summed E-state index contributed by atoms with van der Waals surface area (Å²) in [5.41, 5.74) is 3.65. The van der Waals surface area contributed by atoms with Crippen molar-refractivity contribution in [1.82, 2.24) is 0 Å². The zero-order chi connectivity index (χ0) is 13.8. The molecular formula is C16H23BO2. The summed E-state index contributed by atoms with van der Waals surface area (Å²) in [6.07, 6.45) is 2.39. The first-order valence-electron chi connectivity index (χ1n) is 7.29. The van der Waals surface area contributed by atoms with E-state index in [0.29, 0.717) is 5.92 Å². The van der Waals surface area contributed by atoms with Gasteiger partial charge in [-0.05, 0) is 63.0 Å². The highest BCUT2D eigenvalue weighted by atomic mass is 16.7. The number of rotatable bonds is 1. The Balaban J connectivity index is 1.98. The molecule has 1 heterocycles. The van der Waals surface area contributed by atoms with Gasteiger partial charge in [-0.2, -0.15) is 0 Å². The van der Waals surface area contributed by atoms with Crippen LogP contribution in [0.5, 0.6) is 0 Å². The zero-order valence-corrected chi connectivity index (χ0v) is 12.6. The van der Waals surface area contributed by atoms with Crippen LogP contribution in [-0.4, -0.2) is 18.3 Å². The van der Waals surface area contributed by atoms with Gasteiger partial charge in [-0.15, -0.1) is 0 Å². The van der Waals surface area contributed by atoms with Crippen molar-refractivity contribution in [3.63, 3.8) is 0 Å². The molecule has 1 aliphatic heterocycles. The fourth-order valence-corrected chi connectivity index (χ4v) is 3.08. The van der Waals surface area contributed by atoms with E-state index in [-0.39, 0.29) is 18.3 Å². The van der Waals surface area contributed by atoms with Gasteiger partial charge in [-0.25, -0.2) is 0 Å². The molecule has 19 heavy (non-hydrogen) atoms. The molecule has 1 saturated heterocycles. The highest BCUT2D eigenvalue weighted by Crippen LogP contribution is 2.38. The van der Waals surface area contributed by atoms with Crippen molar-refractivity contribution in [2.45, 2.75) is 64.6 Å². The largest absolute Gasteiger partial charge is 0.495 e. The Labute approximate surface area is 116 Å². The normalized spacial score (nSPS) is 27.6. The second kappa shape index (κ2) is 4.10. The molecule has 2 nitrogen and oxygen atoms in total. The molecule has 0 saturated carbocycles. The van der Waals surface area contributed by atoms with E-state index in [0.717, 1.165) is 6.42 Å². The van der Waals surface area contributed by atoms with Gasteiger partial charge < -0.3 is 9.31 Å². The molecule has 1 aromatic rings. The molecule has 3 heteroatoms. The average Bonchev–Trinajstić information content (AvgIpc) is 2.78. The molecule has 1 aromatic carbocycles. The van der Waals surface area contributed by atoms with Crippen LogP contribution in [0.3, 0.4) is 0 Å². The van der Waals surface area contributed by atoms with Gasteiger partial charge in [0.1, 0.15) is 0 Å². The van der Waals surface area contributed by atoms with Crippen molar-refractivity contribution in [3.8, 4) is 0 Å². The molecule has 0 radical (unpaired) electrons. The van der Waals surface area contributed by atoms with Crippen LogP contribution in [0.25, 0.3) is 0 Å². The molecular weight excluding hydrogens is 235 g/mol. The van der Waals surface area contributed by atoms with Crippen LogP contribution in [0.4, 0.5) is 0 Å². The first kappa shape index (κ1) is 13.2. The van der Waals surface area contributed by atoms with Gasteiger partial charge in [0.15, 0.2) is 0 Å². The number of hydrogen-bond donors (Lipinski definition) is 0. The lowest BCUT2D eigenvalue weighted by atomic mass is 9.75. The Hall–Kier alpha value is -0.795. The molecule has 2 aliphatic rings. The maximum Gasteiger partial charge on any atom is 0.495 e. The molecule has 1 aliphatic carbocycles. The molecule has 0 aromatic heterocycles. The van der Waals surface area contributed by atoms with Crippen LogP contribution in [-0.2, 0) is 15.7 Å². The second-order valence-corrected chi connectivity index (χ2v) is 6.94. The lowest BCUT2D eigenvalue weighted by molar-refractivity contribution is 0.00578. The number of fused-ring (bicyclic) bond motifs is 1. The van der Waals surface area contributed by atoms with Crippen LogP contribution in [0.2, 0.25) is 0 Å². The van der Waals surface area contributed by atoms with Crippen molar-refractivity contribution < 1.29 is 9.31 Å². The third kappa shape index (κ3) is 1.95. The molecule has 1 fully saturated rings. The van der Waals surface area contributed by atoms with E-state index in [2.05, 4.69) is 52.8 Å². The van der Waals surface area contributed by atoms with Crippen LogP contribution < -0.4 is 5.46 Å². The number of hydrogen-bond acceptors (Lipinski definition) is 2. The summed E-state index contributed by atoms with van der Waals surface area (Å²) in [6, 6.07) is 6.56. The van der Waals surface area contributed by atoms with E-state index >= 15 is 0 Å². The summed E-state index contributed by atoms with van der Waals surface area (Å²) >= 11 is 0. The number of benzene rings is 1. The fraction of sp³-hybridized carbons (Fsp3) is 0.625. The Kier molecular flexibility index (Phi) is 2.85. The smallest absolute Gasteiger partial charge is 0.399 e. The maximum atomic E-state index is 6.19. The topological polar surface area (TPSA) is 18.5 Å². The zero-order valence-electron chi connectivity index (χ0n) is 12.6. The SMILES string of the molecule is CC1CCc2c(B3OC(C)(C)C(C)(C)O3)cccc21. The average molecular weight is 258 g/mol. The van der Waals surface area contributed by atoms with Gasteiger partial charge in [-0.1, -0.05) is 25.1 Å². The van der Waals surface area contributed by atoms with Crippen molar-refractivity contribution in [1.29, 1.82) is 0 Å². The van der Waals surface area contributed by atoms with Crippen LogP contribution in [0.15, 0.2) is 18.2 Å². The third-order valence-electron chi connectivity index (χ3n) is 5.11. The molecule has 1 atom stereocenters. The van der Waals surface area contributed by atoms with Crippen molar-refractivity contribution in [2.75, 3.05) is 0 Å². The van der Waals surface area contributed by atoms with Gasteiger partial charge in [0.25, 0.3) is 0 Å². The Morgan fingerprint density at radius 2 is 1.74 bits per heavy atom. The summed E-state index contributed by atoms with van der Waals surface area (Å²) in [4.78, 5) is 0. The first-order chi connectivity index (χ1) is 8.82. The van der Waals surface area contributed by atoms with E-state index in [1.807, 2.05) is 0 Å².